The Morgan fingerprint density at radius 1 is 1.17 bits per heavy atom. The molecule has 0 amide bonds. The standard InChI is InChI=1S/C11H15N/c12-9-11(7-4-8-11)10-5-2-1-3-6-10/h1-3,5-6H,4,7-9,12H2. The van der Waals surface area contributed by atoms with Gasteiger partial charge in [0.05, 0.1) is 0 Å². The molecule has 1 aromatic rings. The van der Waals surface area contributed by atoms with Gasteiger partial charge in [-0.15, -0.1) is 0 Å². The van der Waals surface area contributed by atoms with Gasteiger partial charge in [-0.1, -0.05) is 36.8 Å². The maximum absolute atomic E-state index is 5.80. The Morgan fingerprint density at radius 2 is 1.83 bits per heavy atom. The number of nitrogens with two attached hydrogens (primary N) is 1. The highest BCUT2D eigenvalue weighted by molar-refractivity contribution is 5.28. The molecule has 64 valence electrons. The molecule has 0 aliphatic heterocycles. The predicted octanol–water partition coefficient (Wildman–Crippen LogP) is 2.07. The average Bonchev–Trinajstić information content (AvgIpc) is 2.05. The summed E-state index contributed by atoms with van der Waals surface area (Å²) in [6.07, 6.45) is 3.88. The Balaban J connectivity index is 2.28. The van der Waals surface area contributed by atoms with Crippen molar-refractivity contribution in [1.82, 2.24) is 0 Å². The van der Waals surface area contributed by atoms with E-state index in [1.165, 1.54) is 24.8 Å². The second-order valence-corrected chi connectivity index (χ2v) is 3.70. The van der Waals surface area contributed by atoms with Crippen LogP contribution in [-0.2, 0) is 5.41 Å². The lowest BCUT2D eigenvalue weighted by Gasteiger charge is -2.41. The van der Waals surface area contributed by atoms with Crippen molar-refractivity contribution < 1.29 is 0 Å². The third-order valence-corrected chi connectivity index (χ3v) is 3.09. The largest absolute Gasteiger partial charge is 0.330 e. The van der Waals surface area contributed by atoms with Gasteiger partial charge in [0.2, 0.25) is 0 Å². The maximum Gasteiger partial charge on any atom is 0.00755 e. The molecular weight excluding hydrogens is 146 g/mol. The van der Waals surface area contributed by atoms with Crippen LogP contribution in [0.3, 0.4) is 0 Å². The summed E-state index contributed by atoms with van der Waals surface area (Å²) in [5, 5.41) is 0. The molecule has 1 aromatic carbocycles. The highest BCUT2D eigenvalue weighted by atomic mass is 14.6. The Hall–Kier alpha value is -0.820. The second kappa shape index (κ2) is 2.91. The zero-order valence-corrected chi connectivity index (χ0v) is 7.29. The quantitative estimate of drug-likeness (QED) is 0.706. The third-order valence-electron chi connectivity index (χ3n) is 3.09. The molecule has 1 heteroatoms. The number of rotatable bonds is 2. The lowest BCUT2D eigenvalue weighted by atomic mass is 9.64. The van der Waals surface area contributed by atoms with Gasteiger partial charge in [-0.2, -0.15) is 0 Å². The van der Waals surface area contributed by atoms with Crippen LogP contribution < -0.4 is 5.73 Å². The van der Waals surface area contributed by atoms with E-state index in [-0.39, 0.29) is 0 Å². The molecule has 1 aliphatic carbocycles. The van der Waals surface area contributed by atoms with E-state index in [0.29, 0.717) is 5.41 Å². The van der Waals surface area contributed by atoms with Gasteiger partial charge in [-0.25, -0.2) is 0 Å². The number of hydrogen-bond donors (Lipinski definition) is 1. The molecule has 2 N–H and O–H groups in total. The van der Waals surface area contributed by atoms with Crippen molar-refractivity contribution in [2.45, 2.75) is 24.7 Å². The average molecular weight is 161 g/mol. The van der Waals surface area contributed by atoms with Gasteiger partial charge in [0.15, 0.2) is 0 Å². The van der Waals surface area contributed by atoms with Crippen molar-refractivity contribution in [3.63, 3.8) is 0 Å². The second-order valence-electron chi connectivity index (χ2n) is 3.70. The highest BCUT2D eigenvalue weighted by Crippen LogP contribution is 2.42. The van der Waals surface area contributed by atoms with Gasteiger partial charge in [-0.05, 0) is 18.4 Å². The van der Waals surface area contributed by atoms with Crippen LogP contribution in [0, 0.1) is 0 Å². The first-order valence-corrected chi connectivity index (χ1v) is 4.63. The van der Waals surface area contributed by atoms with Crippen LogP contribution in [0.5, 0.6) is 0 Å². The van der Waals surface area contributed by atoms with Crippen LogP contribution in [0.4, 0.5) is 0 Å². The predicted molar refractivity (Wildman–Crippen MR) is 51.0 cm³/mol. The zero-order valence-electron chi connectivity index (χ0n) is 7.29. The Bertz CT molecular complexity index is 243. The van der Waals surface area contributed by atoms with Crippen LogP contribution in [0.1, 0.15) is 24.8 Å². The summed E-state index contributed by atoms with van der Waals surface area (Å²) in [6, 6.07) is 10.7. The van der Waals surface area contributed by atoms with Crippen molar-refractivity contribution >= 4 is 0 Å². The first kappa shape index (κ1) is 7.81. The fraction of sp³-hybridized carbons (Fsp3) is 0.455. The molecule has 0 spiro atoms. The summed E-state index contributed by atoms with van der Waals surface area (Å²) in [6.45, 7) is 0.803. The fourth-order valence-electron chi connectivity index (χ4n) is 2.01. The summed E-state index contributed by atoms with van der Waals surface area (Å²) in [5.41, 5.74) is 7.56. The van der Waals surface area contributed by atoms with E-state index in [1.807, 2.05) is 0 Å². The summed E-state index contributed by atoms with van der Waals surface area (Å²) in [5.74, 6) is 0. The van der Waals surface area contributed by atoms with Crippen LogP contribution in [0.2, 0.25) is 0 Å². The van der Waals surface area contributed by atoms with E-state index in [4.69, 9.17) is 5.73 Å². The van der Waals surface area contributed by atoms with Crippen LogP contribution in [0.15, 0.2) is 30.3 Å². The van der Waals surface area contributed by atoms with E-state index >= 15 is 0 Å². The molecule has 0 radical (unpaired) electrons. The molecule has 1 aliphatic rings. The molecule has 0 unspecified atom stereocenters. The van der Waals surface area contributed by atoms with Crippen molar-refractivity contribution in [3.8, 4) is 0 Å². The molecule has 0 saturated heterocycles. The minimum atomic E-state index is 0.335. The Kier molecular flexibility index (Phi) is 1.89. The molecule has 0 heterocycles. The van der Waals surface area contributed by atoms with Gasteiger partial charge in [0, 0.05) is 12.0 Å². The fourth-order valence-corrected chi connectivity index (χ4v) is 2.01. The minimum Gasteiger partial charge on any atom is -0.330 e. The summed E-state index contributed by atoms with van der Waals surface area (Å²) in [4.78, 5) is 0. The van der Waals surface area contributed by atoms with Crippen LogP contribution >= 0.6 is 0 Å². The first-order valence-electron chi connectivity index (χ1n) is 4.63. The molecule has 2 rings (SSSR count). The van der Waals surface area contributed by atoms with Gasteiger partial charge >= 0.3 is 0 Å². The lowest BCUT2D eigenvalue weighted by molar-refractivity contribution is 0.253. The summed E-state index contributed by atoms with van der Waals surface area (Å²) >= 11 is 0. The van der Waals surface area contributed by atoms with Gasteiger partial charge in [-0.3, -0.25) is 0 Å². The minimum absolute atomic E-state index is 0.335. The van der Waals surface area contributed by atoms with Crippen LogP contribution in [-0.4, -0.2) is 6.54 Å². The molecule has 0 bridgehead atoms. The van der Waals surface area contributed by atoms with E-state index in [2.05, 4.69) is 30.3 Å². The molecule has 1 nitrogen and oxygen atoms in total. The summed E-state index contributed by atoms with van der Waals surface area (Å²) in [7, 11) is 0. The molecule has 0 aromatic heterocycles. The van der Waals surface area contributed by atoms with E-state index in [1.54, 1.807) is 0 Å². The Morgan fingerprint density at radius 3 is 2.25 bits per heavy atom. The van der Waals surface area contributed by atoms with Crippen molar-refractivity contribution in [3.05, 3.63) is 35.9 Å². The normalized spacial score (nSPS) is 20.1. The number of benzene rings is 1. The maximum atomic E-state index is 5.80. The smallest absolute Gasteiger partial charge is 0.00755 e. The summed E-state index contributed by atoms with van der Waals surface area (Å²) < 4.78 is 0. The molecule has 0 atom stereocenters. The van der Waals surface area contributed by atoms with Gasteiger partial charge in [0.25, 0.3) is 0 Å². The highest BCUT2D eigenvalue weighted by Gasteiger charge is 2.36. The zero-order chi connectivity index (χ0) is 8.44. The monoisotopic (exact) mass is 161 g/mol. The van der Waals surface area contributed by atoms with Crippen molar-refractivity contribution in [2.24, 2.45) is 5.73 Å². The van der Waals surface area contributed by atoms with Gasteiger partial charge < -0.3 is 5.73 Å². The van der Waals surface area contributed by atoms with E-state index < -0.39 is 0 Å². The molecule has 1 saturated carbocycles. The van der Waals surface area contributed by atoms with Crippen molar-refractivity contribution in [1.29, 1.82) is 0 Å². The number of hydrogen-bond acceptors (Lipinski definition) is 1. The van der Waals surface area contributed by atoms with E-state index in [9.17, 15) is 0 Å². The molecule has 12 heavy (non-hydrogen) atoms. The topological polar surface area (TPSA) is 26.0 Å². The van der Waals surface area contributed by atoms with Gasteiger partial charge in [0.1, 0.15) is 0 Å². The van der Waals surface area contributed by atoms with Crippen LogP contribution in [0.25, 0.3) is 0 Å². The molecular formula is C11H15N. The van der Waals surface area contributed by atoms with E-state index in [0.717, 1.165) is 6.54 Å². The lowest BCUT2D eigenvalue weighted by Crippen LogP contribution is -2.41. The third kappa shape index (κ3) is 1.05. The van der Waals surface area contributed by atoms with Crippen molar-refractivity contribution in [2.75, 3.05) is 6.54 Å². The Labute approximate surface area is 73.6 Å². The SMILES string of the molecule is NCC1(c2ccccc2)CCC1. The molecule has 1 fully saturated rings. The first-order chi connectivity index (χ1) is 5.87.